The van der Waals surface area contributed by atoms with E-state index in [2.05, 4.69) is 0 Å². The number of hydrogen-bond acceptors (Lipinski definition) is 1. The van der Waals surface area contributed by atoms with Crippen molar-refractivity contribution in [3.63, 3.8) is 0 Å². The maximum absolute atomic E-state index is 12.7. The van der Waals surface area contributed by atoms with Gasteiger partial charge in [0.25, 0.3) is 6.43 Å². The number of carbonyl (C=O) groups is 1. The second kappa shape index (κ2) is 5.25. The molecule has 1 aromatic rings. The highest BCUT2D eigenvalue weighted by atomic mass is 35.5. The minimum atomic E-state index is -2.62. The molecule has 1 rings (SSSR count). The molecule has 2 nitrogen and oxygen atoms in total. The SMILES string of the molecule is CC(CC(=O)O)c1cc(Cl)ccc1C(F)F. The van der Waals surface area contributed by atoms with Crippen LogP contribution in [0.2, 0.25) is 5.02 Å². The van der Waals surface area contributed by atoms with Gasteiger partial charge in [0.2, 0.25) is 0 Å². The van der Waals surface area contributed by atoms with E-state index in [-0.39, 0.29) is 12.0 Å². The van der Waals surface area contributed by atoms with Crippen molar-refractivity contribution in [1.29, 1.82) is 0 Å². The summed E-state index contributed by atoms with van der Waals surface area (Å²) in [5.41, 5.74) is 0.142. The van der Waals surface area contributed by atoms with Crippen LogP contribution in [0.4, 0.5) is 8.78 Å². The Morgan fingerprint density at radius 2 is 2.06 bits per heavy atom. The van der Waals surface area contributed by atoms with Crippen LogP contribution in [-0.4, -0.2) is 11.1 Å². The standard InChI is InChI=1S/C11H11ClF2O2/c1-6(4-10(15)16)9-5-7(12)2-3-8(9)11(13)14/h2-3,5-6,11H,4H2,1H3,(H,15,16). The zero-order chi connectivity index (χ0) is 12.3. The zero-order valence-corrected chi connectivity index (χ0v) is 9.34. The fourth-order valence-electron chi connectivity index (χ4n) is 1.54. The molecule has 16 heavy (non-hydrogen) atoms. The van der Waals surface area contributed by atoms with Crippen LogP contribution in [-0.2, 0) is 4.79 Å². The molecular weight excluding hydrogens is 238 g/mol. The topological polar surface area (TPSA) is 37.3 Å². The van der Waals surface area contributed by atoms with Gasteiger partial charge in [-0.1, -0.05) is 24.6 Å². The van der Waals surface area contributed by atoms with Gasteiger partial charge in [0, 0.05) is 10.6 Å². The summed E-state index contributed by atoms with van der Waals surface area (Å²) in [6.07, 6.45) is -2.82. The first-order chi connectivity index (χ1) is 7.41. The maximum Gasteiger partial charge on any atom is 0.303 e. The third-order valence-electron chi connectivity index (χ3n) is 2.30. The van der Waals surface area contributed by atoms with Gasteiger partial charge in [-0.05, 0) is 23.6 Å². The van der Waals surface area contributed by atoms with Crippen LogP contribution in [0.1, 0.15) is 36.8 Å². The number of benzene rings is 1. The second-order valence-corrected chi connectivity index (χ2v) is 4.01. The van der Waals surface area contributed by atoms with Crippen molar-refractivity contribution in [2.24, 2.45) is 0 Å². The molecule has 0 aliphatic carbocycles. The average molecular weight is 249 g/mol. The highest BCUT2D eigenvalue weighted by Gasteiger charge is 2.19. The van der Waals surface area contributed by atoms with Crippen LogP contribution >= 0.6 is 11.6 Å². The largest absolute Gasteiger partial charge is 0.481 e. The molecule has 0 amide bonds. The molecular formula is C11H11ClF2O2. The van der Waals surface area contributed by atoms with Crippen LogP contribution < -0.4 is 0 Å². The lowest BCUT2D eigenvalue weighted by Gasteiger charge is -2.14. The van der Waals surface area contributed by atoms with Gasteiger partial charge in [-0.2, -0.15) is 0 Å². The number of carboxylic acids is 1. The summed E-state index contributed by atoms with van der Waals surface area (Å²) >= 11 is 5.71. The Morgan fingerprint density at radius 1 is 1.44 bits per heavy atom. The fourth-order valence-corrected chi connectivity index (χ4v) is 1.72. The minimum absolute atomic E-state index is 0.154. The summed E-state index contributed by atoms with van der Waals surface area (Å²) in [7, 11) is 0. The van der Waals surface area contributed by atoms with E-state index in [1.165, 1.54) is 18.2 Å². The van der Waals surface area contributed by atoms with Crippen molar-refractivity contribution in [2.75, 3.05) is 0 Å². The third-order valence-corrected chi connectivity index (χ3v) is 2.53. The summed E-state index contributed by atoms with van der Waals surface area (Å²) in [5, 5.41) is 8.95. The summed E-state index contributed by atoms with van der Waals surface area (Å²) in [5.74, 6) is -1.51. The van der Waals surface area contributed by atoms with Crippen molar-refractivity contribution in [2.45, 2.75) is 25.7 Å². The van der Waals surface area contributed by atoms with E-state index in [1.54, 1.807) is 6.92 Å². The Bertz CT molecular complexity index is 394. The van der Waals surface area contributed by atoms with Crippen molar-refractivity contribution in [1.82, 2.24) is 0 Å². The van der Waals surface area contributed by atoms with E-state index in [0.717, 1.165) is 0 Å². The van der Waals surface area contributed by atoms with E-state index >= 15 is 0 Å². The van der Waals surface area contributed by atoms with Gasteiger partial charge < -0.3 is 5.11 Å². The molecule has 0 saturated carbocycles. The van der Waals surface area contributed by atoms with E-state index in [1.807, 2.05) is 0 Å². The lowest BCUT2D eigenvalue weighted by molar-refractivity contribution is -0.137. The summed E-state index contributed by atoms with van der Waals surface area (Å²) in [4.78, 5) is 10.5. The highest BCUT2D eigenvalue weighted by molar-refractivity contribution is 6.30. The van der Waals surface area contributed by atoms with Gasteiger partial charge in [-0.3, -0.25) is 4.79 Å². The lowest BCUT2D eigenvalue weighted by Crippen LogP contribution is -2.06. The quantitative estimate of drug-likeness (QED) is 0.879. The number of carboxylic acid groups (broad SMARTS) is 1. The van der Waals surface area contributed by atoms with Crippen LogP contribution in [0.5, 0.6) is 0 Å². The van der Waals surface area contributed by atoms with Crippen molar-refractivity contribution in [3.8, 4) is 0 Å². The van der Waals surface area contributed by atoms with Crippen molar-refractivity contribution >= 4 is 17.6 Å². The molecule has 0 bridgehead atoms. The van der Waals surface area contributed by atoms with E-state index in [9.17, 15) is 13.6 Å². The molecule has 0 fully saturated rings. The molecule has 0 heterocycles. The molecule has 0 saturated heterocycles. The van der Waals surface area contributed by atoms with Gasteiger partial charge in [0.1, 0.15) is 0 Å². The number of halogens is 3. The molecule has 0 radical (unpaired) electrons. The Labute approximate surface area is 96.8 Å². The third kappa shape index (κ3) is 3.17. The summed E-state index contributed by atoms with van der Waals surface area (Å²) in [6, 6.07) is 4.01. The zero-order valence-electron chi connectivity index (χ0n) is 8.58. The Kier molecular flexibility index (Phi) is 4.24. The van der Waals surface area contributed by atoms with Crippen LogP contribution in [0.25, 0.3) is 0 Å². The Balaban J connectivity index is 3.08. The number of aliphatic carboxylic acids is 1. The van der Waals surface area contributed by atoms with E-state index < -0.39 is 18.3 Å². The Morgan fingerprint density at radius 3 is 2.56 bits per heavy atom. The van der Waals surface area contributed by atoms with Crippen LogP contribution in [0.15, 0.2) is 18.2 Å². The van der Waals surface area contributed by atoms with Gasteiger partial charge in [0.15, 0.2) is 0 Å². The molecule has 0 aliphatic heterocycles. The minimum Gasteiger partial charge on any atom is -0.481 e. The van der Waals surface area contributed by atoms with Gasteiger partial charge in [-0.25, -0.2) is 8.78 Å². The van der Waals surface area contributed by atoms with Gasteiger partial charge in [-0.15, -0.1) is 0 Å². The lowest BCUT2D eigenvalue weighted by atomic mass is 9.93. The van der Waals surface area contributed by atoms with Gasteiger partial charge in [0.05, 0.1) is 6.42 Å². The molecule has 0 spiro atoms. The average Bonchev–Trinajstić information content (AvgIpc) is 2.15. The molecule has 0 aromatic heterocycles. The number of alkyl halides is 2. The first kappa shape index (κ1) is 12.9. The van der Waals surface area contributed by atoms with Crippen LogP contribution in [0, 0.1) is 0 Å². The first-order valence-electron chi connectivity index (χ1n) is 4.71. The smallest absolute Gasteiger partial charge is 0.303 e. The molecule has 1 unspecified atom stereocenters. The van der Waals surface area contributed by atoms with Crippen LogP contribution in [0.3, 0.4) is 0 Å². The van der Waals surface area contributed by atoms with Crippen molar-refractivity contribution < 1.29 is 18.7 Å². The Hall–Kier alpha value is -1.16. The molecule has 5 heteroatoms. The predicted octanol–water partition coefficient (Wildman–Crippen LogP) is 3.86. The van der Waals surface area contributed by atoms with E-state index in [4.69, 9.17) is 16.7 Å². The number of hydrogen-bond donors (Lipinski definition) is 1. The van der Waals surface area contributed by atoms with Gasteiger partial charge >= 0.3 is 5.97 Å². The fraction of sp³-hybridized carbons (Fsp3) is 0.364. The summed E-state index contributed by atoms with van der Waals surface area (Å²) in [6.45, 7) is 1.59. The molecule has 0 aliphatic rings. The maximum atomic E-state index is 12.7. The molecule has 1 aromatic carbocycles. The first-order valence-corrected chi connectivity index (χ1v) is 5.09. The normalized spacial score (nSPS) is 12.8. The van der Waals surface area contributed by atoms with E-state index in [0.29, 0.717) is 10.6 Å². The highest BCUT2D eigenvalue weighted by Crippen LogP contribution is 2.32. The van der Waals surface area contributed by atoms with Crippen molar-refractivity contribution in [3.05, 3.63) is 34.3 Å². The molecule has 1 atom stereocenters. The monoisotopic (exact) mass is 248 g/mol. The second-order valence-electron chi connectivity index (χ2n) is 3.57. The molecule has 88 valence electrons. The predicted molar refractivity (Wildman–Crippen MR) is 57.1 cm³/mol. The molecule has 1 N–H and O–H groups in total. The summed E-state index contributed by atoms with van der Waals surface area (Å²) < 4.78 is 25.3. The number of rotatable bonds is 4.